The molecule has 3 fully saturated rings. The number of epoxide rings is 1. The normalized spacial score (nSPS) is 24.5. The molecule has 0 bridgehead atoms. The van der Waals surface area contributed by atoms with Gasteiger partial charge in [-0.15, -0.1) is 0 Å². The number of nitrogens with one attached hydrogen (secondary N) is 3. The fourth-order valence-corrected chi connectivity index (χ4v) is 5.03. The summed E-state index contributed by atoms with van der Waals surface area (Å²) in [5, 5.41) is 8.39. The van der Waals surface area contributed by atoms with Crippen molar-refractivity contribution in [3.8, 4) is 5.75 Å². The average Bonchev–Trinajstić information content (AvgIpc) is 3.51. The van der Waals surface area contributed by atoms with Crippen LogP contribution in [0, 0.1) is 0 Å². The van der Waals surface area contributed by atoms with E-state index < -0.39 is 35.5 Å². The summed E-state index contributed by atoms with van der Waals surface area (Å²) in [4.78, 5) is 54.6. The second-order valence-electron chi connectivity index (χ2n) is 11.1. The molecule has 3 saturated heterocycles. The van der Waals surface area contributed by atoms with Crippen LogP contribution in [-0.4, -0.2) is 111 Å². The maximum absolute atomic E-state index is 13.7. The average molecular weight is 575 g/mol. The molecule has 1 aromatic carbocycles. The van der Waals surface area contributed by atoms with E-state index in [-0.39, 0.29) is 30.8 Å². The molecule has 0 unspecified atom stereocenters. The van der Waals surface area contributed by atoms with Gasteiger partial charge in [-0.1, -0.05) is 12.1 Å². The van der Waals surface area contributed by atoms with Gasteiger partial charge in [0.05, 0.1) is 45.6 Å². The Morgan fingerprint density at radius 1 is 1.02 bits per heavy atom. The number of carbonyl (C=O) groups excluding carboxylic acids is 4. The summed E-state index contributed by atoms with van der Waals surface area (Å²) in [6.45, 7) is 6.79. The van der Waals surface area contributed by atoms with Crippen LogP contribution in [0.15, 0.2) is 24.3 Å². The number of benzene rings is 1. The summed E-state index contributed by atoms with van der Waals surface area (Å²) in [7, 11) is 1.56. The second kappa shape index (κ2) is 14.2. The van der Waals surface area contributed by atoms with Crippen molar-refractivity contribution in [1.29, 1.82) is 0 Å². The molecule has 3 heterocycles. The van der Waals surface area contributed by atoms with Crippen molar-refractivity contribution in [2.45, 2.75) is 69.4 Å². The summed E-state index contributed by atoms with van der Waals surface area (Å²) >= 11 is 0. The monoisotopic (exact) mass is 574 g/mol. The number of rotatable bonds is 14. The van der Waals surface area contributed by atoms with E-state index >= 15 is 0 Å². The standard InChI is InChI=1S/C29H42N4O8/c1-19(30-25(34)17-33-10-13-39-14-11-33)27(36)32-24(15-20-6-8-21(38-3)9-7-20)28(37)31-23(16-22-5-4-12-40-22)26(35)29(2)18-41-29/h6-9,19,22-24H,4-5,10-18H2,1-3H3,(H,30,34)(H,31,37)(H,32,36)/t19-,22-,23-,24-,29+/m0/s1. The zero-order valence-corrected chi connectivity index (χ0v) is 24.1. The molecular formula is C29H42N4O8. The van der Waals surface area contributed by atoms with Gasteiger partial charge >= 0.3 is 0 Å². The van der Waals surface area contributed by atoms with E-state index in [2.05, 4.69) is 16.0 Å². The van der Waals surface area contributed by atoms with Gasteiger partial charge in [-0.05, 0) is 44.4 Å². The van der Waals surface area contributed by atoms with Gasteiger partial charge in [-0.3, -0.25) is 24.1 Å². The van der Waals surface area contributed by atoms with E-state index in [4.69, 9.17) is 18.9 Å². The molecule has 1 aromatic rings. The number of ketones is 1. The second-order valence-corrected chi connectivity index (χ2v) is 11.1. The third-order valence-electron chi connectivity index (χ3n) is 7.73. The molecule has 0 saturated carbocycles. The maximum Gasteiger partial charge on any atom is 0.243 e. The molecule has 12 nitrogen and oxygen atoms in total. The first-order valence-electron chi connectivity index (χ1n) is 14.3. The largest absolute Gasteiger partial charge is 0.497 e. The van der Waals surface area contributed by atoms with Crippen molar-refractivity contribution < 1.29 is 38.1 Å². The highest BCUT2D eigenvalue weighted by Crippen LogP contribution is 2.30. The Morgan fingerprint density at radius 2 is 1.71 bits per heavy atom. The van der Waals surface area contributed by atoms with Crippen LogP contribution in [0.5, 0.6) is 5.75 Å². The van der Waals surface area contributed by atoms with Gasteiger partial charge in [0.2, 0.25) is 17.7 Å². The zero-order chi connectivity index (χ0) is 29.4. The molecule has 3 N–H and O–H groups in total. The molecule has 3 aliphatic rings. The molecule has 4 rings (SSSR count). The smallest absolute Gasteiger partial charge is 0.243 e. The van der Waals surface area contributed by atoms with Gasteiger partial charge in [-0.2, -0.15) is 0 Å². The van der Waals surface area contributed by atoms with E-state index in [9.17, 15) is 19.2 Å². The van der Waals surface area contributed by atoms with Gasteiger partial charge in [0.15, 0.2) is 5.78 Å². The minimum Gasteiger partial charge on any atom is -0.497 e. The molecule has 5 atom stereocenters. The van der Waals surface area contributed by atoms with Crippen LogP contribution in [-0.2, 0) is 39.8 Å². The number of nitrogens with zero attached hydrogens (tertiary/aromatic N) is 1. The summed E-state index contributed by atoms with van der Waals surface area (Å²) < 4.78 is 21.7. The molecule has 3 amide bonds. The zero-order valence-electron chi connectivity index (χ0n) is 24.1. The Morgan fingerprint density at radius 3 is 2.32 bits per heavy atom. The Balaban J connectivity index is 1.43. The summed E-state index contributed by atoms with van der Waals surface area (Å²) in [5.41, 5.74) is -0.139. The van der Waals surface area contributed by atoms with Crippen LogP contribution >= 0.6 is 0 Å². The van der Waals surface area contributed by atoms with Crippen molar-refractivity contribution in [1.82, 2.24) is 20.9 Å². The van der Waals surface area contributed by atoms with Crippen LogP contribution < -0.4 is 20.7 Å². The highest BCUT2D eigenvalue weighted by atomic mass is 16.6. The van der Waals surface area contributed by atoms with E-state index in [0.717, 1.165) is 18.4 Å². The van der Waals surface area contributed by atoms with Crippen LogP contribution in [0.3, 0.4) is 0 Å². The predicted molar refractivity (Wildman–Crippen MR) is 148 cm³/mol. The van der Waals surface area contributed by atoms with Crippen molar-refractivity contribution in [2.24, 2.45) is 0 Å². The van der Waals surface area contributed by atoms with Crippen molar-refractivity contribution in [2.75, 3.05) is 53.2 Å². The lowest BCUT2D eigenvalue weighted by Crippen LogP contribution is -2.57. The summed E-state index contributed by atoms with van der Waals surface area (Å²) in [6, 6.07) is 4.48. The van der Waals surface area contributed by atoms with Crippen LogP contribution in [0.1, 0.15) is 38.7 Å². The molecule has 226 valence electrons. The first-order chi connectivity index (χ1) is 19.7. The Hall–Kier alpha value is -3.06. The van der Waals surface area contributed by atoms with Crippen LogP contribution in [0.4, 0.5) is 0 Å². The lowest BCUT2D eigenvalue weighted by molar-refractivity contribution is -0.134. The van der Waals surface area contributed by atoms with Gasteiger partial charge in [-0.25, -0.2) is 0 Å². The number of ether oxygens (including phenoxy) is 4. The summed E-state index contributed by atoms with van der Waals surface area (Å²) in [6.07, 6.45) is 2.08. The first kappa shape index (κ1) is 30.9. The van der Waals surface area contributed by atoms with Crippen molar-refractivity contribution >= 4 is 23.5 Å². The minimum absolute atomic E-state index is 0.136. The van der Waals surface area contributed by atoms with Crippen molar-refractivity contribution in [3.63, 3.8) is 0 Å². The van der Waals surface area contributed by atoms with Crippen LogP contribution in [0.2, 0.25) is 0 Å². The fourth-order valence-electron chi connectivity index (χ4n) is 5.03. The quantitative estimate of drug-likeness (QED) is 0.261. The Bertz CT molecular complexity index is 1070. The minimum atomic E-state index is -0.998. The molecule has 12 heteroatoms. The number of hydrogen-bond donors (Lipinski definition) is 3. The highest BCUT2D eigenvalue weighted by molar-refractivity contribution is 5.98. The predicted octanol–water partition coefficient (Wildman–Crippen LogP) is -0.0287. The molecular weight excluding hydrogens is 532 g/mol. The lowest BCUT2D eigenvalue weighted by Gasteiger charge is -2.27. The molecule has 0 spiro atoms. The fraction of sp³-hybridized carbons (Fsp3) is 0.655. The topological polar surface area (TPSA) is 148 Å². The summed E-state index contributed by atoms with van der Waals surface area (Å²) in [5.74, 6) is -0.837. The van der Waals surface area contributed by atoms with Crippen LogP contribution in [0.25, 0.3) is 0 Å². The third-order valence-corrected chi connectivity index (χ3v) is 7.73. The Labute approximate surface area is 240 Å². The van der Waals surface area contributed by atoms with Gasteiger partial charge < -0.3 is 34.9 Å². The number of Topliss-reactive ketones (excluding diaryl/α,β-unsaturated/α-hetero) is 1. The molecule has 41 heavy (non-hydrogen) atoms. The number of hydrogen-bond acceptors (Lipinski definition) is 9. The molecule has 0 aliphatic carbocycles. The van der Waals surface area contributed by atoms with Gasteiger partial charge in [0.25, 0.3) is 0 Å². The molecule has 0 aromatic heterocycles. The first-order valence-corrected chi connectivity index (χ1v) is 14.3. The van der Waals surface area contributed by atoms with E-state index in [1.54, 1.807) is 33.1 Å². The Kier molecular flexibility index (Phi) is 10.7. The van der Waals surface area contributed by atoms with E-state index in [1.165, 1.54) is 0 Å². The lowest BCUT2D eigenvalue weighted by atomic mass is 9.94. The number of morpholine rings is 1. The van der Waals surface area contributed by atoms with Gasteiger partial charge in [0, 0.05) is 32.5 Å². The number of methoxy groups -OCH3 is 1. The van der Waals surface area contributed by atoms with E-state index in [0.29, 0.717) is 51.7 Å². The van der Waals surface area contributed by atoms with E-state index in [1.807, 2.05) is 17.0 Å². The van der Waals surface area contributed by atoms with Crippen molar-refractivity contribution in [3.05, 3.63) is 29.8 Å². The highest BCUT2D eigenvalue weighted by Gasteiger charge is 2.50. The van der Waals surface area contributed by atoms with Gasteiger partial charge in [0.1, 0.15) is 23.4 Å². The SMILES string of the molecule is COc1ccc(C[C@H](NC(=O)[C@H](C)NC(=O)CN2CCOCC2)C(=O)N[C@@H](C[C@@H]2CCCO2)C(=O)[C@@]2(C)CO2)cc1. The number of amides is 3. The molecule has 3 aliphatic heterocycles. The maximum atomic E-state index is 13.7. The molecule has 0 radical (unpaired) electrons. The third kappa shape index (κ3) is 8.96. The number of carbonyl (C=O) groups is 4.